The van der Waals surface area contributed by atoms with Crippen LogP contribution in [-0.2, 0) is 0 Å². The first kappa shape index (κ1) is 17.8. The van der Waals surface area contributed by atoms with Gasteiger partial charge in [-0.05, 0) is 36.4 Å². The summed E-state index contributed by atoms with van der Waals surface area (Å²) in [5.74, 6) is 0.269. The van der Waals surface area contributed by atoms with E-state index in [2.05, 4.69) is 10.3 Å². The van der Waals surface area contributed by atoms with E-state index in [0.717, 1.165) is 11.3 Å². The lowest BCUT2D eigenvalue weighted by Gasteiger charge is -2.04. The number of halogens is 1. The van der Waals surface area contributed by atoms with Crippen molar-refractivity contribution in [1.82, 2.24) is 4.98 Å². The molecule has 0 fully saturated rings. The Kier molecular flexibility index (Phi) is 5.15. The van der Waals surface area contributed by atoms with Crippen LogP contribution >= 0.6 is 22.9 Å². The van der Waals surface area contributed by atoms with Gasteiger partial charge in [0.25, 0.3) is 11.6 Å². The second kappa shape index (κ2) is 7.51. The Hall–Kier alpha value is -2.97. The molecule has 132 valence electrons. The molecule has 3 aromatic rings. The van der Waals surface area contributed by atoms with E-state index in [-0.39, 0.29) is 22.1 Å². The first-order chi connectivity index (χ1) is 12.5. The molecule has 0 radical (unpaired) electrons. The summed E-state index contributed by atoms with van der Waals surface area (Å²) < 4.78 is 5.11. The van der Waals surface area contributed by atoms with Gasteiger partial charge in [-0.3, -0.25) is 14.9 Å². The van der Waals surface area contributed by atoms with Gasteiger partial charge in [0.05, 0.1) is 12.0 Å². The highest BCUT2D eigenvalue weighted by Crippen LogP contribution is 2.29. The summed E-state index contributed by atoms with van der Waals surface area (Å²) in [5, 5.41) is 15.8. The van der Waals surface area contributed by atoms with Crippen molar-refractivity contribution in [3.8, 4) is 16.3 Å². The number of hydrogen-bond donors (Lipinski definition) is 1. The van der Waals surface area contributed by atoms with Gasteiger partial charge in [-0.25, -0.2) is 4.98 Å². The topological polar surface area (TPSA) is 94.4 Å². The van der Waals surface area contributed by atoms with Crippen molar-refractivity contribution in [3.05, 3.63) is 68.7 Å². The third-order valence-corrected chi connectivity index (χ3v) is 4.69. The van der Waals surface area contributed by atoms with Gasteiger partial charge >= 0.3 is 0 Å². The summed E-state index contributed by atoms with van der Waals surface area (Å²) >= 11 is 7.09. The van der Waals surface area contributed by atoms with Crippen LogP contribution in [0.5, 0.6) is 5.75 Å². The van der Waals surface area contributed by atoms with Gasteiger partial charge < -0.3 is 10.1 Å². The molecule has 0 spiro atoms. The third kappa shape index (κ3) is 3.81. The van der Waals surface area contributed by atoms with Crippen LogP contribution in [0, 0.1) is 10.1 Å². The lowest BCUT2D eigenvalue weighted by Crippen LogP contribution is -2.12. The van der Waals surface area contributed by atoms with Crippen molar-refractivity contribution < 1.29 is 14.5 Å². The van der Waals surface area contributed by atoms with Gasteiger partial charge in [0.1, 0.15) is 21.5 Å². The molecule has 9 heteroatoms. The van der Waals surface area contributed by atoms with Gasteiger partial charge in [0, 0.05) is 22.7 Å². The maximum Gasteiger partial charge on any atom is 0.289 e. The maximum absolute atomic E-state index is 12.3. The van der Waals surface area contributed by atoms with Gasteiger partial charge in [0.2, 0.25) is 0 Å². The van der Waals surface area contributed by atoms with Crippen LogP contribution in [0.1, 0.15) is 10.5 Å². The minimum atomic E-state index is -0.609. The van der Waals surface area contributed by atoms with E-state index in [1.807, 2.05) is 24.3 Å². The van der Waals surface area contributed by atoms with E-state index in [1.54, 1.807) is 12.5 Å². The molecule has 0 bridgehead atoms. The highest BCUT2D eigenvalue weighted by atomic mass is 35.5. The highest BCUT2D eigenvalue weighted by molar-refractivity contribution is 7.13. The quantitative estimate of drug-likeness (QED) is 0.507. The number of hydrogen-bond acceptors (Lipinski definition) is 6. The van der Waals surface area contributed by atoms with E-state index in [0.29, 0.717) is 5.01 Å². The second-order valence-electron chi connectivity index (χ2n) is 5.14. The molecule has 0 aliphatic rings. The number of carbonyl (C=O) groups is 1. The summed E-state index contributed by atoms with van der Waals surface area (Å²) in [6.07, 6.45) is 0. The predicted molar refractivity (Wildman–Crippen MR) is 100 cm³/mol. The largest absolute Gasteiger partial charge is 0.497 e. The predicted octanol–water partition coefficient (Wildman–Crippen LogP) is 4.63. The van der Waals surface area contributed by atoms with Crippen molar-refractivity contribution in [2.24, 2.45) is 0 Å². The molecule has 0 saturated carbocycles. The summed E-state index contributed by atoms with van der Waals surface area (Å²) in [4.78, 5) is 27.0. The molecule has 0 saturated heterocycles. The number of nitro groups is 1. The van der Waals surface area contributed by atoms with Crippen molar-refractivity contribution in [3.63, 3.8) is 0 Å². The van der Waals surface area contributed by atoms with Crippen LogP contribution in [0.4, 0.5) is 11.4 Å². The molecule has 1 amide bonds. The minimum Gasteiger partial charge on any atom is -0.497 e. The molecular weight excluding hydrogens is 378 g/mol. The normalized spacial score (nSPS) is 10.4. The van der Waals surface area contributed by atoms with Gasteiger partial charge in [-0.1, -0.05) is 11.6 Å². The molecule has 0 aliphatic heterocycles. The van der Waals surface area contributed by atoms with Gasteiger partial charge in [-0.15, -0.1) is 11.3 Å². The number of methoxy groups -OCH3 is 1. The van der Waals surface area contributed by atoms with Crippen LogP contribution < -0.4 is 10.1 Å². The Labute approximate surface area is 157 Å². The molecular formula is C17H12ClN3O4S. The minimum absolute atomic E-state index is 0.00319. The van der Waals surface area contributed by atoms with Gasteiger partial charge in [-0.2, -0.15) is 0 Å². The Morgan fingerprint density at radius 3 is 2.65 bits per heavy atom. The SMILES string of the molecule is COc1ccc(-c2nc(C(=O)Nc3ccc(Cl)c([N+](=O)[O-])c3)cs2)cc1. The number of aromatic nitrogens is 1. The van der Waals surface area contributed by atoms with E-state index >= 15 is 0 Å². The lowest BCUT2D eigenvalue weighted by molar-refractivity contribution is -0.384. The highest BCUT2D eigenvalue weighted by Gasteiger charge is 2.16. The van der Waals surface area contributed by atoms with Crippen molar-refractivity contribution in [1.29, 1.82) is 0 Å². The first-order valence-electron chi connectivity index (χ1n) is 7.33. The Bertz CT molecular complexity index is 972. The second-order valence-corrected chi connectivity index (χ2v) is 6.41. The van der Waals surface area contributed by atoms with Gasteiger partial charge in [0.15, 0.2) is 0 Å². The molecule has 0 atom stereocenters. The lowest BCUT2D eigenvalue weighted by atomic mass is 10.2. The molecule has 3 rings (SSSR count). The number of carbonyl (C=O) groups excluding carboxylic acids is 1. The molecule has 7 nitrogen and oxygen atoms in total. The zero-order chi connectivity index (χ0) is 18.7. The summed E-state index contributed by atoms with van der Waals surface area (Å²) in [5.41, 5.74) is 1.07. The third-order valence-electron chi connectivity index (χ3n) is 3.47. The molecule has 0 aliphatic carbocycles. The first-order valence-corrected chi connectivity index (χ1v) is 8.59. The summed E-state index contributed by atoms with van der Waals surface area (Å²) in [6, 6.07) is 11.4. The number of thiazole rings is 1. The van der Waals surface area contributed by atoms with E-state index in [4.69, 9.17) is 16.3 Å². The number of nitrogens with one attached hydrogen (secondary N) is 1. The van der Waals surface area contributed by atoms with Crippen molar-refractivity contribution in [2.75, 3.05) is 12.4 Å². The zero-order valence-corrected chi connectivity index (χ0v) is 15.0. The smallest absolute Gasteiger partial charge is 0.289 e. The zero-order valence-electron chi connectivity index (χ0n) is 13.4. The number of amides is 1. The van der Waals surface area contributed by atoms with Crippen LogP contribution in [0.3, 0.4) is 0 Å². The molecule has 1 aromatic heterocycles. The maximum atomic E-state index is 12.3. The number of anilines is 1. The number of benzene rings is 2. The fraction of sp³-hybridized carbons (Fsp3) is 0.0588. The molecule has 26 heavy (non-hydrogen) atoms. The van der Waals surface area contributed by atoms with E-state index < -0.39 is 10.8 Å². The Balaban J connectivity index is 1.78. The number of nitro benzene ring substituents is 1. The van der Waals surface area contributed by atoms with Crippen LogP contribution in [0.2, 0.25) is 5.02 Å². The van der Waals surface area contributed by atoms with E-state index in [9.17, 15) is 14.9 Å². The van der Waals surface area contributed by atoms with Crippen LogP contribution in [-0.4, -0.2) is 22.9 Å². The Morgan fingerprint density at radius 2 is 2.00 bits per heavy atom. The fourth-order valence-corrected chi connectivity index (χ4v) is 3.16. The monoisotopic (exact) mass is 389 g/mol. The number of nitrogens with zero attached hydrogens (tertiary/aromatic N) is 2. The number of ether oxygens (including phenoxy) is 1. The fourth-order valence-electron chi connectivity index (χ4n) is 2.17. The molecule has 2 aromatic carbocycles. The average molecular weight is 390 g/mol. The average Bonchev–Trinajstić information content (AvgIpc) is 3.13. The Morgan fingerprint density at radius 1 is 1.27 bits per heavy atom. The van der Waals surface area contributed by atoms with Crippen molar-refractivity contribution >= 4 is 40.2 Å². The standard InChI is InChI=1S/C17H12ClN3O4S/c1-25-12-5-2-10(3-6-12)17-20-14(9-26-17)16(22)19-11-4-7-13(18)15(8-11)21(23)24/h2-9H,1H3,(H,19,22). The van der Waals surface area contributed by atoms with Crippen LogP contribution in [0.15, 0.2) is 47.8 Å². The molecule has 0 unspecified atom stereocenters. The molecule has 1 heterocycles. The van der Waals surface area contributed by atoms with Crippen molar-refractivity contribution in [2.45, 2.75) is 0 Å². The van der Waals surface area contributed by atoms with Crippen LogP contribution in [0.25, 0.3) is 10.6 Å². The molecule has 1 N–H and O–H groups in total. The summed E-state index contributed by atoms with van der Waals surface area (Å²) in [6.45, 7) is 0. The number of rotatable bonds is 5. The summed E-state index contributed by atoms with van der Waals surface area (Å²) in [7, 11) is 1.59. The van der Waals surface area contributed by atoms with E-state index in [1.165, 1.54) is 29.5 Å².